The van der Waals surface area contributed by atoms with Gasteiger partial charge in [0.1, 0.15) is 16.9 Å². The highest BCUT2D eigenvalue weighted by Crippen LogP contribution is 2.27. The molecule has 0 aliphatic carbocycles. The van der Waals surface area contributed by atoms with Gasteiger partial charge in [0, 0.05) is 16.7 Å². The van der Waals surface area contributed by atoms with Gasteiger partial charge in [-0.1, -0.05) is 84.6 Å². The van der Waals surface area contributed by atoms with Gasteiger partial charge in [-0.2, -0.15) is 0 Å². The van der Waals surface area contributed by atoms with Crippen LogP contribution in [0.5, 0.6) is 0 Å². The highest BCUT2D eigenvalue weighted by molar-refractivity contribution is 7.99. The van der Waals surface area contributed by atoms with E-state index in [1.54, 1.807) is 18.2 Å². The topological polar surface area (TPSA) is 50.7 Å². The number of rotatable bonds is 5. The van der Waals surface area contributed by atoms with E-state index < -0.39 is 5.82 Å². The van der Waals surface area contributed by atoms with Crippen LogP contribution in [0.4, 0.5) is 4.39 Å². The predicted molar refractivity (Wildman–Crippen MR) is 125 cm³/mol. The van der Waals surface area contributed by atoms with Crippen molar-refractivity contribution in [1.82, 2.24) is 14.5 Å². The maximum Gasteiger partial charge on any atom is 0.283 e. The molecule has 0 radical (unpaired) electrons. The van der Waals surface area contributed by atoms with Crippen LogP contribution in [0.1, 0.15) is 5.56 Å². The lowest BCUT2D eigenvalue weighted by atomic mass is 10.2. The highest BCUT2D eigenvalue weighted by Gasteiger charge is 2.18. The molecule has 4 nitrogen and oxygen atoms in total. The quantitative estimate of drug-likeness (QED) is 0.284. The summed E-state index contributed by atoms with van der Waals surface area (Å²) in [7, 11) is 0. The average Bonchev–Trinajstić information content (AvgIpc) is 3.18. The lowest BCUT2D eigenvalue weighted by Gasteiger charge is -2.12. The Kier molecular flexibility index (Phi) is 5.14. The van der Waals surface area contributed by atoms with Gasteiger partial charge in [-0.25, -0.2) is 9.37 Å². The molecule has 0 saturated carbocycles. The Morgan fingerprint density at radius 2 is 1.71 bits per heavy atom. The van der Waals surface area contributed by atoms with E-state index >= 15 is 0 Å². The van der Waals surface area contributed by atoms with Crippen LogP contribution in [0.3, 0.4) is 0 Å². The third-order valence-electron chi connectivity index (χ3n) is 5.01. The highest BCUT2D eigenvalue weighted by atomic mass is 32.2. The molecule has 6 heteroatoms. The van der Waals surface area contributed by atoms with Crippen LogP contribution in [0.2, 0.25) is 0 Å². The number of hydrogen-bond donors (Lipinski definition) is 1. The summed E-state index contributed by atoms with van der Waals surface area (Å²) in [4.78, 5) is 21.4. The minimum Gasteiger partial charge on any atom is -0.349 e. The Hall–Kier alpha value is -3.64. The standard InChI is InChI=1S/C25H18FN3OS/c26-19-13-5-7-15-21(19)29-24(30)23-22(18-12-4-6-14-20(18)27-23)28-25(29)31-16-8-11-17-9-2-1-3-10-17/h1-15,27H,16H2/b11-8+. The molecule has 152 valence electrons. The van der Waals surface area contributed by atoms with E-state index in [1.165, 1.54) is 22.4 Å². The maximum atomic E-state index is 14.6. The molecule has 2 aromatic heterocycles. The summed E-state index contributed by atoms with van der Waals surface area (Å²) >= 11 is 1.40. The van der Waals surface area contributed by atoms with Crippen LogP contribution in [-0.2, 0) is 0 Å². The molecule has 0 amide bonds. The molecular formula is C25H18FN3OS. The van der Waals surface area contributed by atoms with Crippen molar-refractivity contribution in [3.8, 4) is 5.69 Å². The molecule has 0 unspecified atom stereocenters. The van der Waals surface area contributed by atoms with Crippen LogP contribution in [-0.4, -0.2) is 20.3 Å². The molecule has 5 aromatic rings. The number of aromatic nitrogens is 3. The van der Waals surface area contributed by atoms with Crippen molar-refractivity contribution >= 4 is 39.8 Å². The van der Waals surface area contributed by atoms with Gasteiger partial charge in [0.05, 0.1) is 5.69 Å². The molecule has 31 heavy (non-hydrogen) atoms. The molecule has 1 N–H and O–H groups in total. The number of benzene rings is 3. The molecule has 0 atom stereocenters. The van der Waals surface area contributed by atoms with Gasteiger partial charge in [0.25, 0.3) is 5.56 Å². The smallest absolute Gasteiger partial charge is 0.283 e. The van der Waals surface area contributed by atoms with Gasteiger partial charge in [0.2, 0.25) is 0 Å². The summed E-state index contributed by atoms with van der Waals surface area (Å²) in [5.74, 6) is 0.118. The third kappa shape index (κ3) is 3.66. The summed E-state index contributed by atoms with van der Waals surface area (Å²) in [6.45, 7) is 0. The monoisotopic (exact) mass is 427 g/mol. The van der Waals surface area contributed by atoms with Crippen molar-refractivity contribution < 1.29 is 4.39 Å². The summed E-state index contributed by atoms with van der Waals surface area (Å²) in [6, 6.07) is 23.9. The van der Waals surface area contributed by atoms with Crippen molar-refractivity contribution in [1.29, 1.82) is 0 Å². The Morgan fingerprint density at radius 1 is 0.968 bits per heavy atom. The second kappa shape index (κ2) is 8.24. The first-order chi connectivity index (χ1) is 15.2. The number of nitrogens with zero attached hydrogens (tertiary/aromatic N) is 2. The van der Waals surface area contributed by atoms with E-state index in [1.807, 2.05) is 66.7 Å². The zero-order valence-electron chi connectivity index (χ0n) is 16.5. The third-order valence-corrected chi connectivity index (χ3v) is 5.90. The molecule has 2 heterocycles. The minimum atomic E-state index is -0.469. The van der Waals surface area contributed by atoms with Gasteiger partial charge in [-0.3, -0.25) is 9.36 Å². The summed E-state index contributed by atoms with van der Waals surface area (Å²) < 4.78 is 16.0. The Labute approximate surface area is 182 Å². The lowest BCUT2D eigenvalue weighted by molar-refractivity contribution is 0.608. The molecule has 0 saturated heterocycles. The second-order valence-corrected chi connectivity index (χ2v) is 7.99. The fourth-order valence-electron chi connectivity index (χ4n) is 3.56. The average molecular weight is 428 g/mol. The normalized spacial score (nSPS) is 11.6. The number of H-pyrrole nitrogens is 1. The van der Waals surface area contributed by atoms with Crippen LogP contribution >= 0.6 is 11.8 Å². The number of halogens is 1. The molecule has 0 aliphatic rings. The number of fused-ring (bicyclic) bond motifs is 3. The largest absolute Gasteiger partial charge is 0.349 e. The summed E-state index contributed by atoms with van der Waals surface area (Å²) in [5.41, 5.74) is 2.76. The fraction of sp³-hybridized carbons (Fsp3) is 0.0400. The molecule has 0 spiro atoms. The fourth-order valence-corrected chi connectivity index (χ4v) is 4.36. The molecule has 5 rings (SSSR count). The number of thioether (sulfide) groups is 1. The lowest BCUT2D eigenvalue weighted by Crippen LogP contribution is -2.22. The Bertz CT molecular complexity index is 1470. The summed E-state index contributed by atoms with van der Waals surface area (Å²) in [6.07, 6.45) is 4.03. The van der Waals surface area contributed by atoms with E-state index in [0.717, 1.165) is 16.5 Å². The first-order valence-electron chi connectivity index (χ1n) is 9.85. The van der Waals surface area contributed by atoms with Crippen LogP contribution in [0.25, 0.3) is 33.7 Å². The van der Waals surface area contributed by atoms with E-state index in [4.69, 9.17) is 4.98 Å². The van der Waals surface area contributed by atoms with Gasteiger partial charge in [-0.05, 0) is 23.8 Å². The molecule has 0 bridgehead atoms. The van der Waals surface area contributed by atoms with E-state index in [9.17, 15) is 9.18 Å². The van der Waals surface area contributed by atoms with Crippen LogP contribution < -0.4 is 5.56 Å². The number of hydrogen-bond acceptors (Lipinski definition) is 3. The van der Waals surface area contributed by atoms with E-state index in [2.05, 4.69) is 4.98 Å². The van der Waals surface area contributed by atoms with Crippen LogP contribution in [0.15, 0.2) is 94.9 Å². The SMILES string of the molecule is O=c1c2[nH]c3ccccc3c2nc(SC/C=C/c2ccccc2)n1-c1ccccc1F. The second-order valence-electron chi connectivity index (χ2n) is 7.00. The van der Waals surface area contributed by atoms with Crippen molar-refractivity contribution in [2.45, 2.75) is 5.16 Å². The zero-order chi connectivity index (χ0) is 21.2. The van der Waals surface area contributed by atoms with Gasteiger partial charge in [0.15, 0.2) is 5.16 Å². The van der Waals surface area contributed by atoms with E-state index in [-0.39, 0.29) is 11.2 Å². The molecule has 0 aliphatic heterocycles. The minimum absolute atomic E-state index is 0.190. The number of nitrogens with one attached hydrogen (secondary N) is 1. The molecule has 0 fully saturated rings. The van der Waals surface area contributed by atoms with Crippen molar-refractivity contribution in [3.05, 3.63) is 107 Å². The first-order valence-corrected chi connectivity index (χ1v) is 10.8. The van der Waals surface area contributed by atoms with Crippen molar-refractivity contribution in [3.63, 3.8) is 0 Å². The van der Waals surface area contributed by atoms with Gasteiger partial charge in [-0.15, -0.1) is 0 Å². The van der Waals surface area contributed by atoms with Crippen LogP contribution in [0, 0.1) is 5.82 Å². The maximum absolute atomic E-state index is 14.6. The van der Waals surface area contributed by atoms with E-state index in [0.29, 0.717) is 21.9 Å². The van der Waals surface area contributed by atoms with Gasteiger partial charge >= 0.3 is 0 Å². The van der Waals surface area contributed by atoms with Crippen molar-refractivity contribution in [2.75, 3.05) is 5.75 Å². The Morgan fingerprint density at radius 3 is 2.55 bits per heavy atom. The molecular weight excluding hydrogens is 409 g/mol. The molecule has 3 aromatic carbocycles. The predicted octanol–water partition coefficient (Wildman–Crippen LogP) is 5.81. The number of aromatic amines is 1. The van der Waals surface area contributed by atoms with Gasteiger partial charge < -0.3 is 4.98 Å². The Balaban J connectivity index is 1.63. The number of para-hydroxylation sites is 2. The van der Waals surface area contributed by atoms with Crippen molar-refractivity contribution in [2.24, 2.45) is 0 Å². The zero-order valence-corrected chi connectivity index (χ0v) is 17.3. The summed E-state index contributed by atoms with van der Waals surface area (Å²) in [5, 5.41) is 1.32. The first kappa shape index (κ1) is 19.3.